The summed E-state index contributed by atoms with van der Waals surface area (Å²) in [6, 6.07) is 6.04. The summed E-state index contributed by atoms with van der Waals surface area (Å²) in [6.45, 7) is 4.17. The van der Waals surface area contributed by atoms with Crippen molar-refractivity contribution in [3.05, 3.63) is 57.9 Å². The fraction of sp³-hybridized carbons (Fsp3) is 0.533. The summed E-state index contributed by atoms with van der Waals surface area (Å²) in [6.07, 6.45) is -1.69. The molecule has 3 heterocycles. The van der Waals surface area contributed by atoms with Gasteiger partial charge in [0.15, 0.2) is 6.73 Å². The van der Waals surface area contributed by atoms with E-state index in [9.17, 15) is 32.3 Å². The van der Waals surface area contributed by atoms with Crippen molar-refractivity contribution in [2.75, 3.05) is 37.9 Å². The number of alkyl halides is 3. The van der Waals surface area contributed by atoms with Crippen LogP contribution in [0, 0.1) is 11.7 Å². The van der Waals surface area contributed by atoms with Gasteiger partial charge in [-0.15, -0.1) is 0 Å². The largest absolute Gasteiger partial charge is 0.478 e. The van der Waals surface area contributed by atoms with Gasteiger partial charge in [-0.05, 0) is 68.9 Å². The van der Waals surface area contributed by atoms with Gasteiger partial charge in [0.05, 0.1) is 29.3 Å². The van der Waals surface area contributed by atoms with Crippen molar-refractivity contribution in [2.45, 2.75) is 63.0 Å². The van der Waals surface area contributed by atoms with Crippen molar-refractivity contribution in [1.82, 2.24) is 9.80 Å². The Hall–Kier alpha value is -3.09. The fourth-order valence-electron chi connectivity index (χ4n) is 6.73. The Labute approximate surface area is 251 Å². The van der Waals surface area contributed by atoms with Crippen molar-refractivity contribution in [2.24, 2.45) is 5.92 Å². The lowest BCUT2D eigenvalue weighted by Gasteiger charge is -2.48. The van der Waals surface area contributed by atoms with Gasteiger partial charge in [-0.25, -0.2) is 9.18 Å². The monoisotopic (exact) mass is 625 g/mol. The van der Waals surface area contributed by atoms with E-state index in [-0.39, 0.29) is 59.1 Å². The highest BCUT2D eigenvalue weighted by molar-refractivity contribution is 6.32. The lowest BCUT2D eigenvalue weighted by Crippen LogP contribution is -2.61. The molecule has 0 aromatic heterocycles. The van der Waals surface area contributed by atoms with Crippen molar-refractivity contribution in [3.8, 4) is 5.75 Å². The number of hydrogen-bond donors (Lipinski definition) is 1. The first kappa shape index (κ1) is 30.0. The Morgan fingerprint density at radius 2 is 1.88 bits per heavy atom. The third kappa shape index (κ3) is 5.64. The second-order valence-electron chi connectivity index (χ2n) is 11.9. The standard InChI is InChI=1S/C30H32ClF4N3O5/c1-17-13-36(8-9-38(17)21-4-5-25(32)23(12-21)27(39)40)22-6-7-29(43-15-22,19-2-3-19)28(41)37-14-18-10-20(30(33,34)35)11-24(31)26(18)42-16-37/h4-5,10-12,17,19,22H,2-3,6-9,13-16H2,1H3,(H,39,40)/t17?,22?,29-/m0/s1. The molecule has 232 valence electrons. The van der Waals surface area contributed by atoms with Crippen LogP contribution in [0.4, 0.5) is 23.2 Å². The zero-order chi connectivity index (χ0) is 30.7. The molecule has 2 unspecified atom stereocenters. The van der Waals surface area contributed by atoms with Crippen LogP contribution in [0.2, 0.25) is 5.02 Å². The molecule has 1 saturated carbocycles. The molecule has 2 saturated heterocycles. The number of nitrogens with zero attached hydrogens (tertiary/aromatic N) is 3. The average molecular weight is 626 g/mol. The van der Waals surface area contributed by atoms with Gasteiger partial charge >= 0.3 is 12.1 Å². The topological polar surface area (TPSA) is 82.6 Å². The number of carbonyl (C=O) groups is 2. The summed E-state index contributed by atoms with van der Waals surface area (Å²) < 4.78 is 66.3. The Kier molecular flexibility index (Phi) is 7.75. The molecule has 2 aromatic carbocycles. The number of halogens is 5. The SMILES string of the molecule is CC1CN(C2CC[C@@](C(=O)N3COc4c(Cl)cc(C(F)(F)F)cc4C3)(C3CC3)OC2)CCN1c1ccc(F)c(C(=O)O)c1. The molecule has 43 heavy (non-hydrogen) atoms. The quantitative estimate of drug-likeness (QED) is 0.445. The number of carboxylic acid groups (broad SMARTS) is 1. The normalized spacial score (nSPS) is 26.6. The van der Waals surface area contributed by atoms with Gasteiger partial charge in [-0.2, -0.15) is 13.2 Å². The van der Waals surface area contributed by atoms with Crippen molar-refractivity contribution < 1.29 is 41.7 Å². The van der Waals surface area contributed by atoms with E-state index in [1.807, 2.05) is 6.92 Å². The number of carboxylic acids is 1. The van der Waals surface area contributed by atoms with E-state index >= 15 is 0 Å². The molecule has 1 N–H and O–H groups in total. The van der Waals surface area contributed by atoms with Gasteiger partial charge in [0.2, 0.25) is 0 Å². The van der Waals surface area contributed by atoms with Gasteiger partial charge in [-0.1, -0.05) is 11.6 Å². The number of carbonyl (C=O) groups excluding carboxylic acids is 1. The number of amides is 1. The van der Waals surface area contributed by atoms with Crippen molar-refractivity contribution in [3.63, 3.8) is 0 Å². The van der Waals surface area contributed by atoms with E-state index < -0.39 is 29.1 Å². The molecule has 4 aliphatic rings. The highest BCUT2D eigenvalue weighted by Crippen LogP contribution is 2.49. The minimum Gasteiger partial charge on any atom is -0.478 e. The van der Waals surface area contributed by atoms with Crippen LogP contribution in [0.1, 0.15) is 54.1 Å². The summed E-state index contributed by atoms with van der Waals surface area (Å²) in [5, 5.41) is 9.17. The second-order valence-corrected chi connectivity index (χ2v) is 12.3. The first-order chi connectivity index (χ1) is 20.4. The van der Waals surface area contributed by atoms with Crippen LogP contribution in [-0.4, -0.2) is 77.4 Å². The van der Waals surface area contributed by atoms with E-state index in [2.05, 4.69) is 9.80 Å². The Bertz CT molecular complexity index is 1430. The number of fused-ring (bicyclic) bond motifs is 1. The number of ether oxygens (including phenoxy) is 2. The number of hydrogen-bond acceptors (Lipinski definition) is 6. The molecule has 0 spiro atoms. The Morgan fingerprint density at radius 3 is 2.51 bits per heavy atom. The van der Waals surface area contributed by atoms with Gasteiger partial charge in [0.1, 0.15) is 17.2 Å². The number of benzene rings is 2. The van der Waals surface area contributed by atoms with Crippen LogP contribution in [0.25, 0.3) is 0 Å². The molecule has 3 aliphatic heterocycles. The first-order valence-corrected chi connectivity index (χ1v) is 14.7. The summed E-state index contributed by atoms with van der Waals surface area (Å²) in [4.78, 5) is 31.1. The number of rotatable bonds is 5. The lowest BCUT2D eigenvalue weighted by molar-refractivity contribution is -0.180. The number of piperazine rings is 1. The molecule has 3 atom stereocenters. The van der Waals surface area contributed by atoms with E-state index in [0.29, 0.717) is 44.8 Å². The molecule has 13 heteroatoms. The average Bonchev–Trinajstić information content (AvgIpc) is 3.82. The third-order valence-corrected chi connectivity index (χ3v) is 9.41. The van der Waals surface area contributed by atoms with E-state index in [4.69, 9.17) is 21.1 Å². The maximum atomic E-state index is 13.9. The van der Waals surface area contributed by atoms with Crippen LogP contribution < -0.4 is 9.64 Å². The molecule has 1 amide bonds. The smallest absolute Gasteiger partial charge is 0.416 e. The predicted octanol–water partition coefficient (Wildman–Crippen LogP) is 5.41. The predicted molar refractivity (Wildman–Crippen MR) is 149 cm³/mol. The minimum absolute atomic E-state index is 0.0246. The molecule has 1 aliphatic carbocycles. The molecule has 6 rings (SSSR count). The lowest BCUT2D eigenvalue weighted by atomic mass is 9.85. The Morgan fingerprint density at radius 1 is 1.12 bits per heavy atom. The Balaban J connectivity index is 1.11. The molecular formula is C30H32ClF4N3O5. The van der Waals surface area contributed by atoms with Crippen LogP contribution in [-0.2, 0) is 22.3 Å². The maximum absolute atomic E-state index is 13.9. The first-order valence-electron chi connectivity index (χ1n) is 14.4. The minimum atomic E-state index is -4.58. The van der Waals surface area contributed by atoms with Gasteiger partial charge in [-0.3, -0.25) is 9.69 Å². The van der Waals surface area contributed by atoms with Gasteiger partial charge in [0, 0.05) is 43.0 Å². The van der Waals surface area contributed by atoms with Crippen LogP contribution in [0.15, 0.2) is 30.3 Å². The second kappa shape index (κ2) is 11.1. The van der Waals surface area contributed by atoms with Crippen LogP contribution in [0.3, 0.4) is 0 Å². The number of anilines is 1. The molecule has 0 bridgehead atoms. The summed E-state index contributed by atoms with van der Waals surface area (Å²) in [5.74, 6) is -2.14. The molecule has 3 fully saturated rings. The third-order valence-electron chi connectivity index (χ3n) is 9.13. The molecule has 8 nitrogen and oxygen atoms in total. The highest BCUT2D eigenvalue weighted by Gasteiger charge is 2.56. The van der Waals surface area contributed by atoms with Crippen LogP contribution in [0.5, 0.6) is 5.75 Å². The van der Waals surface area contributed by atoms with E-state index in [1.165, 1.54) is 17.0 Å². The summed E-state index contributed by atoms with van der Waals surface area (Å²) in [7, 11) is 0. The van der Waals surface area contributed by atoms with E-state index in [1.54, 1.807) is 6.07 Å². The fourth-order valence-corrected chi connectivity index (χ4v) is 7.02. The summed E-state index contributed by atoms with van der Waals surface area (Å²) in [5.41, 5.74) is -1.43. The van der Waals surface area contributed by atoms with Gasteiger partial charge in [0.25, 0.3) is 5.91 Å². The maximum Gasteiger partial charge on any atom is 0.416 e. The number of aromatic carboxylic acids is 1. The van der Waals surface area contributed by atoms with E-state index in [0.717, 1.165) is 25.0 Å². The molecule has 2 aromatic rings. The van der Waals surface area contributed by atoms with Crippen molar-refractivity contribution in [1.29, 1.82) is 0 Å². The summed E-state index contributed by atoms with van der Waals surface area (Å²) >= 11 is 6.09. The van der Waals surface area contributed by atoms with Gasteiger partial charge < -0.3 is 24.4 Å². The molecule has 0 radical (unpaired) electrons. The molecular weight excluding hydrogens is 594 g/mol. The van der Waals surface area contributed by atoms with Crippen LogP contribution >= 0.6 is 11.6 Å². The zero-order valence-corrected chi connectivity index (χ0v) is 24.3. The van der Waals surface area contributed by atoms with Crippen molar-refractivity contribution >= 4 is 29.2 Å². The zero-order valence-electron chi connectivity index (χ0n) is 23.5. The highest BCUT2D eigenvalue weighted by atomic mass is 35.5.